The first kappa shape index (κ1) is 18.3. The topological polar surface area (TPSA) is 72.4 Å². The Hall–Kier alpha value is -2.03. The Morgan fingerprint density at radius 1 is 1.07 bits per heavy atom. The van der Waals surface area contributed by atoms with Crippen LogP contribution in [0.3, 0.4) is 0 Å². The minimum Gasteiger partial charge on any atom is -0.459 e. The van der Waals surface area contributed by atoms with Gasteiger partial charge >= 0.3 is 6.01 Å². The fourth-order valence-electron chi connectivity index (χ4n) is 3.29. The summed E-state index contributed by atoms with van der Waals surface area (Å²) in [6.07, 6.45) is 4.43. The molecule has 27 heavy (non-hydrogen) atoms. The molecule has 0 amide bonds. The van der Waals surface area contributed by atoms with Gasteiger partial charge in [-0.25, -0.2) is 18.4 Å². The van der Waals surface area contributed by atoms with Crippen molar-refractivity contribution in [2.75, 3.05) is 13.1 Å². The zero-order chi connectivity index (χ0) is 18.9. The first-order valence-corrected chi connectivity index (χ1v) is 10.9. The first-order chi connectivity index (χ1) is 13.0. The van der Waals surface area contributed by atoms with Crippen molar-refractivity contribution >= 4 is 36.7 Å². The van der Waals surface area contributed by atoms with E-state index in [9.17, 15) is 8.42 Å². The summed E-state index contributed by atoms with van der Waals surface area (Å²) in [5.41, 5.74) is 0. The summed E-state index contributed by atoms with van der Waals surface area (Å²) in [5, 5.41) is 1.64. The number of aromatic nitrogens is 2. The van der Waals surface area contributed by atoms with Crippen molar-refractivity contribution in [2.24, 2.45) is 0 Å². The van der Waals surface area contributed by atoms with Crippen LogP contribution in [-0.2, 0) is 10.0 Å². The van der Waals surface area contributed by atoms with Gasteiger partial charge in [-0.15, -0.1) is 0 Å². The van der Waals surface area contributed by atoms with Gasteiger partial charge in [-0.05, 0) is 40.2 Å². The third-order valence-electron chi connectivity index (χ3n) is 4.58. The highest BCUT2D eigenvalue weighted by Gasteiger charge is 2.32. The molecule has 0 radical (unpaired) electrons. The molecule has 0 aliphatic carbocycles. The number of fused-ring (bicyclic) bond motifs is 1. The summed E-state index contributed by atoms with van der Waals surface area (Å²) in [7, 11) is -3.62. The predicted molar refractivity (Wildman–Crippen MR) is 106 cm³/mol. The predicted octanol–water partition coefficient (Wildman–Crippen LogP) is 3.62. The van der Waals surface area contributed by atoms with Gasteiger partial charge in [0.1, 0.15) is 6.10 Å². The van der Waals surface area contributed by atoms with Crippen LogP contribution >= 0.6 is 15.9 Å². The Kier molecular flexibility index (Phi) is 5.12. The molecule has 1 atom stereocenters. The van der Waals surface area contributed by atoms with Gasteiger partial charge in [0, 0.05) is 24.3 Å². The van der Waals surface area contributed by atoms with E-state index >= 15 is 0 Å². The average Bonchev–Trinajstić information content (AvgIpc) is 2.69. The van der Waals surface area contributed by atoms with Crippen LogP contribution in [0.5, 0.6) is 6.01 Å². The zero-order valence-electron chi connectivity index (χ0n) is 14.5. The van der Waals surface area contributed by atoms with Crippen molar-refractivity contribution in [2.45, 2.75) is 23.8 Å². The largest absolute Gasteiger partial charge is 0.459 e. The van der Waals surface area contributed by atoms with Crippen molar-refractivity contribution in [1.29, 1.82) is 0 Å². The van der Waals surface area contributed by atoms with Gasteiger partial charge in [0.05, 0.1) is 15.9 Å². The molecule has 0 N–H and O–H groups in total. The van der Waals surface area contributed by atoms with E-state index in [1.54, 1.807) is 24.5 Å². The van der Waals surface area contributed by atoms with Crippen LogP contribution in [0, 0.1) is 0 Å². The van der Waals surface area contributed by atoms with Gasteiger partial charge in [-0.2, -0.15) is 4.31 Å². The summed E-state index contributed by atoms with van der Waals surface area (Å²) in [6.45, 7) is 0.761. The zero-order valence-corrected chi connectivity index (χ0v) is 16.9. The van der Waals surface area contributed by atoms with Gasteiger partial charge < -0.3 is 4.74 Å². The lowest BCUT2D eigenvalue weighted by molar-refractivity contribution is 0.119. The summed E-state index contributed by atoms with van der Waals surface area (Å²) in [6, 6.07) is 13.1. The van der Waals surface area contributed by atoms with Crippen LogP contribution in [0.15, 0.2) is 64.2 Å². The van der Waals surface area contributed by atoms with Crippen molar-refractivity contribution < 1.29 is 13.2 Å². The number of hydrogen-bond acceptors (Lipinski definition) is 5. The highest BCUT2D eigenvalue weighted by atomic mass is 79.9. The van der Waals surface area contributed by atoms with E-state index in [1.807, 2.05) is 30.3 Å². The van der Waals surface area contributed by atoms with E-state index in [2.05, 4.69) is 25.9 Å². The quantitative estimate of drug-likeness (QED) is 0.610. The lowest BCUT2D eigenvalue weighted by Gasteiger charge is -2.31. The minimum atomic E-state index is -3.62. The maximum atomic E-state index is 13.3. The lowest BCUT2D eigenvalue weighted by Crippen LogP contribution is -2.44. The number of ether oxygens (including phenoxy) is 1. The van der Waals surface area contributed by atoms with E-state index in [-0.39, 0.29) is 18.7 Å². The Balaban J connectivity index is 1.59. The smallest absolute Gasteiger partial charge is 0.316 e. The van der Waals surface area contributed by atoms with E-state index in [1.165, 1.54) is 4.31 Å². The molecule has 0 bridgehead atoms. The number of piperidine rings is 1. The molecule has 6 nitrogen and oxygen atoms in total. The Morgan fingerprint density at radius 2 is 1.81 bits per heavy atom. The average molecular weight is 448 g/mol. The Bertz CT molecular complexity index is 1050. The van der Waals surface area contributed by atoms with E-state index in [0.717, 1.165) is 28.1 Å². The molecule has 140 valence electrons. The fourth-order valence-corrected chi connectivity index (χ4v) is 5.22. The molecule has 3 aromatic rings. The third kappa shape index (κ3) is 3.83. The first-order valence-electron chi connectivity index (χ1n) is 8.66. The second-order valence-electron chi connectivity index (χ2n) is 6.41. The van der Waals surface area contributed by atoms with Crippen molar-refractivity contribution in [3.8, 4) is 6.01 Å². The summed E-state index contributed by atoms with van der Waals surface area (Å²) < 4.78 is 34.6. The Morgan fingerprint density at radius 3 is 2.63 bits per heavy atom. The molecule has 1 aliphatic rings. The molecule has 2 aromatic carbocycles. The van der Waals surface area contributed by atoms with E-state index < -0.39 is 10.0 Å². The van der Waals surface area contributed by atoms with Crippen LogP contribution in [-0.4, -0.2) is 41.9 Å². The highest BCUT2D eigenvalue weighted by Crippen LogP contribution is 2.28. The molecule has 8 heteroatoms. The molecule has 1 saturated heterocycles. The van der Waals surface area contributed by atoms with Gasteiger partial charge in [-0.3, -0.25) is 0 Å². The summed E-state index contributed by atoms with van der Waals surface area (Å²) >= 11 is 3.28. The van der Waals surface area contributed by atoms with Crippen LogP contribution in [0.1, 0.15) is 12.8 Å². The SMILES string of the molecule is O=S(=O)(c1cccc2ccccc12)N1CCC[C@H](Oc2ncc(Br)cn2)C1. The van der Waals surface area contributed by atoms with Crippen LogP contribution in [0.4, 0.5) is 0 Å². The van der Waals surface area contributed by atoms with Crippen LogP contribution in [0.25, 0.3) is 10.8 Å². The maximum absolute atomic E-state index is 13.3. The molecule has 1 aliphatic heterocycles. The van der Waals surface area contributed by atoms with Crippen molar-refractivity contribution in [3.63, 3.8) is 0 Å². The third-order valence-corrected chi connectivity index (χ3v) is 6.91. The molecule has 1 aromatic heterocycles. The van der Waals surface area contributed by atoms with Crippen LogP contribution in [0.2, 0.25) is 0 Å². The van der Waals surface area contributed by atoms with Gasteiger partial charge in [0.15, 0.2) is 0 Å². The number of nitrogens with zero attached hydrogens (tertiary/aromatic N) is 3. The number of hydrogen-bond donors (Lipinski definition) is 0. The summed E-state index contributed by atoms with van der Waals surface area (Å²) in [4.78, 5) is 8.56. The fraction of sp³-hybridized carbons (Fsp3) is 0.263. The number of rotatable bonds is 4. The molecule has 2 heterocycles. The lowest BCUT2D eigenvalue weighted by atomic mass is 10.1. The summed E-state index contributed by atoms with van der Waals surface area (Å²) in [5.74, 6) is 0. The van der Waals surface area contributed by atoms with E-state index in [4.69, 9.17) is 4.74 Å². The standard InChI is InChI=1S/C19H18BrN3O3S/c20-15-11-21-19(22-12-15)26-16-7-4-10-23(13-16)27(24,25)18-9-3-6-14-5-1-2-8-17(14)18/h1-3,5-6,8-9,11-12,16H,4,7,10,13H2/t16-/m0/s1. The number of halogens is 1. The molecular formula is C19H18BrN3O3S. The van der Waals surface area contributed by atoms with E-state index in [0.29, 0.717) is 11.4 Å². The number of sulfonamides is 1. The molecule has 0 unspecified atom stereocenters. The van der Waals surface area contributed by atoms with Gasteiger partial charge in [0.2, 0.25) is 10.0 Å². The second kappa shape index (κ2) is 7.53. The highest BCUT2D eigenvalue weighted by molar-refractivity contribution is 9.10. The molecular weight excluding hydrogens is 430 g/mol. The second-order valence-corrected chi connectivity index (χ2v) is 9.23. The van der Waals surface area contributed by atoms with Gasteiger partial charge in [-0.1, -0.05) is 36.4 Å². The maximum Gasteiger partial charge on any atom is 0.316 e. The van der Waals surface area contributed by atoms with Gasteiger partial charge in [0.25, 0.3) is 0 Å². The molecule has 4 rings (SSSR count). The molecule has 0 spiro atoms. The van der Waals surface area contributed by atoms with Crippen molar-refractivity contribution in [1.82, 2.24) is 14.3 Å². The van der Waals surface area contributed by atoms with Crippen LogP contribution < -0.4 is 4.74 Å². The Labute approximate surface area is 166 Å². The minimum absolute atomic E-state index is 0.257. The monoisotopic (exact) mass is 447 g/mol. The number of benzene rings is 2. The van der Waals surface area contributed by atoms with Crippen molar-refractivity contribution in [3.05, 3.63) is 59.3 Å². The normalized spacial score (nSPS) is 18.5. The molecule has 1 fully saturated rings. The molecule has 0 saturated carbocycles.